The van der Waals surface area contributed by atoms with Gasteiger partial charge in [0.2, 0.25) is 5.95 Å². The van der Waals surface area contributed by atoms with Crippen molar-refractivity contribution in [3.63, 3.8) is 0 Å². The van der Waals surface area contributed by atoms with Crippen LogP contribution < -0.4 is 5.73 Å². The average Bonchev–Trinajstić information content (AvgIpc) is 2.03. The molecular weight excluding hydrogens is 186 g/mol. The van der Waals surface area contributed by atoms with Crippen LogP contribution in [0.1, 0.15) is 12.1 Å². The van der Waals surface area contributed by atoms with Crippen molar-refractivity contribution >= 4 is 17.7 Å². The van der Waals surface area contributed by atoms with Gasteiger partial charge in [0.05, 0.1) is 0 Å². The van der Waals surface area contributed by atoms with Gasteiger partial charge in [-0.15, -0.1) is 11.8 Å². The number of aliphatic hydroxyl groups excluding tert-OH is 1. The Bertz CT molecular complexity index is 260. The molecule has 1 rings (SSSR count). The van der Waals surface area contributed by atoms with Gasteiger partial charge < -0.3 is 10.8 Å². The number of nitrogens with two attached hydrogens (primary N) is 1. The molecule has 0 fully saturated rings. The lowest BCUT2D eigenvalue weighted by Crippen LogP contribution is -1.98. The summed E-state index contributed by atoms with van der Waals surface area (Å²) in [4.78, 5) is 8.02. The second-order valence-corrected chi connectivity index (χ2v) is 3.75. The van der Waals surface area contributed by atoms with Gasteiger partial charge in [-0.1, -0.05) is 0 Å². The summed E-state index contributed by atoms with van der Waals surface area (Å²) in [5.74, 6) is 1.17. The number of thioether (sulfide) groups is 1. The fourth-order valence-electron chi connectivity index (χ4n) is 0.877. The second-order valence-electron chi connectivity index (χ2n) is 2.63. The summed E-state index contributed by atoms with van der Waals surface area (Å²) in [7, 11) is 0. The minimum atomic E-state index is 0.215. The molecule has 1 aromatic heterocycles. The van der Waals surface area contributed by atoms with Crippen LogP contribution in [0.25, 0.3) is 0 Å². The number of aryl methyl sites for hydroxylation is 1. The first kappa shape index (κ1) is 10.3. The molecule has 0 unspecified atom stereocenters. The summed E-state index contributed by atoms with van der Waals surface area (Å²) in [5, 5.41) is 9.46. The lowest BCUT2D eigenvalue weighted by molar-refractivity contribution is 0.296. The molecule has 0 atom stereocenters. The number of aliphatic hydroxyl groups is 1. The third kappa shape index (κ3) is 3.61. The highest BCUT2D eigenvalue weighted by atomic mass is 32.2. The summed E-state index contributed by atoms with van der Waals surface area (Å²) < 4.78 is 0. The van der Waals surface area contributed by atoms with E-state index < -0.39 is 0 Å². The normalized spacial score (nSPS) is 10.3. The van der Waals surface area contributed by atoms with E-state index in [0.29, 0.717) is 5.95 Å². The molecule has 0 radical (unpaired) electrons. The number of hydrogen-bond acceptors (Lipinski definition) is 5. The monoisotopic (exact) mass is 199 g/mol. The topological polar surface area (TPSA) is 72.0 Å². The van der Waals surface area contributed by atoms with E-state index in [2.05, 4.69) is 9.97 Å². The molecule has 1 heterocycles. The Morgan fingerprint density at radius 2 is 2.31 bits per heavy atom. The van der Waals surface area contributed by atoms with E-state index in [1.165, 1.54) is 0 Å². The van der Waals surface area contributed by atoms with Gasteiger partial charge in [-0.3, -0.25) is 0 Å². The minimum Gasteiger partial charge on any atom is -0.396 e. The van der Waals surface area contributed by atoms with Crippen LogP contribution in [0.3, 0.4) is 0 Å². The maximum atomic E-state index is 8.58. The lowest BCUT2D eigenvalue weighted by Gasteiger charge is -2.01. The molecule has 0 aliphatic rings. The number of rotatable bonds is 4. The molecule has 72 valence electrons. The highest BCUT2D eigenvalue weighted by Gasteiger charge is 1.99. The van der Waals surface area contributed by atoms with Crippen molar-refractivity contribution in [3.05, 3.63) is 11.8 Å². The van der Waals surface area contributed by atoms with E-state index in [1.54, 1.807) is 11.8 Å². The number of hydrogen-bond donors (Lipinski definition) is 2. The summed E-state index contributed by atoms with van der Waals surface area (Å²) in [6, 6.07) is 1.89. The van der Waals surface area contributed by atoms with Gasteiger partial charge in [0.1, 0.15) is 5.03 Å². The number of nitrogen functional groups attached to an aromatic ring is 1. The quantitative estimate of drug-likeness (QED) is 0.427. The first-order valence-electron chi connectivity index (χ1n) is 4.07. The molecule has 5 heteroatoms. The van der Waals surface area contributed by atoms with Crippen molar-refractivity contribution in [2.24, 2.45) is 0 Å². The summed E-state index contributed by atoms with van der Waals surface area (Å²) in [6.07, 6.45) is 0.771. The van der Waals surface area contributed by atoms with Crippen molar-refractivity contribution in [2.45, 2.75) is 18.4 Å². The van der Waals surface area contributed by atoms with Crippen LogP contribution in [-0.4, -0.2) is 27.4 Å². The van der Waals surface area contributed by atoms with Crippen LogP contribution in [0.15, 0.2) is 11.1 Å². The SMILES string of the molecule is Cc1cc(SCCCO)nc(N)n1. The Labute approximate surface area is 81.6 Å². The van der Waals surface area contributed by atoms with Crippen LogP contribution >= 0.6 is 11.8 Å². The molecular formula is C8H13N3OS. The zero-order valence-electron chi connectivity index (χ0n) is 7.53. The van der Waals surface area contributed by atoms with Crippen molar-refractivity contribution in [3.8, 4) is 0 Å². The number of nitrogens with zero attached hydrogens (tertiary/aromatic N) is 2. The van der Waals surface area contributed by atoms with Gasteiger partial charge in [-0.05, 0) is 19.4 Å². The Morgan fingerprint density at radius 3 is 2.92 bits per heavy atom. The number of aromatic nitrogens is 2. The maximum absolute atomic E-state index is 8.58. The van der Waals surface area contributed by atoms with E-state index in [9.17, 15) is 0 Å². The molecule has 4 nitrogen and oxygen atoms in total. The van der Waals surface area contributed by atoms with Gasteiger partial charge >= 0.3 is 0 Å². The van der Waals surface area contributed by atoms with Gasteiger partial charge in [0, 0.05) is 18.1 Å². The maximum Gasteiger partial charge on any atom is 0.221 e. The van der Waals surface area contributed by atoms with Crippen LogP contribution in [0, 0.1) is 6.92 Å². The highest BCUT2D eigenvalue weighted by Crippen LogP contribution is 2.17. The zero-order valence-corrected chi connectivity index (χ0v) is 8.34. The minimum absolute atomic E-state index is 0.215. The molecule has 1 aromatic rings. The van der Waals surface area contributed by atoms with Crippen LogP contribution in [0.5, 0.6) is 0 Å². The van der Waals surface area contributed by atoms with Crippen LogP contribution in [0.2, 0.25) is 0 Å². The van der Waals surface area contributed by atoms with Gasteiger partial charge in [-0.25, -0.2) is 9.97 Å². The Kier molecular flexibility index (Phi) is 3.98. The molecule has 0 saturated carbocycles. The van der Waals surface area contributed by atoms with Gasteiger partial charge in [-0.2, -0.15) is 0 Å². The third-order valence-electron chi connectivity index (χ3n) is 1.40. The summed E-state index contributed by atoms with van der Waals surface area (Å²) in [6.45, 7) is 2.10. The van der Waals surface area contributed by atoms with Crippen molar-refractivity contribution < 1.29 is 5.11 Å². The fourth-order valence-corrected chi connectivity index (χ4v) is 1.77. The van der Waals surface area contributed by atoms with Crippen molar-refractivity contribution in [1.82, 2.24) is 9.97 Å². The highest BCUT2D eigenvalue weighted by molar-refractivity contribution is 7.99. The molecule has 0 aromatic carbocycles. The van der Waals surface area contributed by atoms with Crippen molar-refractivity contribution in [2.75, 3.05) is 18.1 Å². The molecule has 0 aliphatic heterocycles. The zero-order chi connectivity index (χ0) is 9.68. The van der Waals surface area contributed by atoms with E-state index in [1.807, 2.05) is 13.0 Å². The Balaban J connectivity index is 2.56. The predicted octanol–water partition coefficient (Wildman–Crippen LogP) is 0.842. The average molecular weight is 199 g/mol. The van der Waals surface area contributed by atoms with Crippen LogP contribution in [0.4, 0.5) is 5.95 Å². The van der Waals surface area contributed by atoms with E-state index >= 15 is 0 Å². The second kappa shape index (κ2) is 5.04. The van der Waals surface area contributed by atoms with E-state index in [-0.39, 0.29) is 6.61 Å². The predicted molar refractivity (Wildman–Crippen MR) is 53.6 cm³/mol. The third-order valence-corrected chi connectivity index (χ3v) is 2.40. The first-order chi connectivity index (χ1) is 6.22. The largest absolute Gasteiger partial charge is 0.396 e. The summed E-state index contributed by atoms with van der Waals surface area (Å²) in [5.41, 5.74) is 6.35. The number of anilines is 1. The molecule has 0 spiro atoms. The summed E-state index contributed by atoms with van der Waals surface area (Å²) >= 11 is 1.58. The molecule has 3 N–H and O–H groups in total. The van der Waals surface area contributed by atoms with Gasteiger partial charge in [0.25, 0.3) is 0 Å². The molecule has 0 bridgehead atoms. The van der Waals surface area contributed by atoms with E-state index in [0.717, 1.165) is 22.9 Å². The fraction of sp³-hybridized carbons (Fsp3) is 0.500. The smallest absolute Gasteiger partial charge is 0.221 e. The Hall–Kier alpha value is -0.810. The molecule has 13 heavy (non-hydrogen) atoms. The molecule has 0 amide bonds. The van der Waals surface area contributed by atoms with Crippen molar-refractivity contribution in [1.29, 1.82) is 0 Å². The molecule has 0 saturated heterocycles. The first-order valence-corrected chi connectivity index (χ1v) is 5.06. The standard InChI is InChI=1S/C8H13N3OS/c1-6-5-7(11-8(9)10-6)13-4-2-3-12/h5,12H,2-4H2,1H3,(H2,9,10,11). The Morgan fingerprint density at radius 1 is 1.54 bits per heavy atom. The van der Waals surface area contributed by atoms with Crippen LogP contribution in [-0.2, 0) is 0 Å². The van der Waals surface area contributed by atoms with Gasteiger partial charge in [0.15, 0.2) is 0 Å². The van der Waals surface area contributed by atoms with E-state index in [4.69, 9.17) is 10.8 Å². The molecule has 0 aliphatic carbocycles. The lowest BCUT2D eigenvalue weighted by atomic mass is 10.5.